The zero-order valence-electron chi connectivity index (χ0n) is 21.0. The Hall–Kier alpha value is -3.65. The van der Waals surface area contributed by atoms with E-state index in [1.807, 2.05) is 91.0 Å². The van der Waals surface area contributed by atoms with E-state index in [-0.39, 0.29) is 28.2 Å². The number of hydrogen-bond acceptors (Lipinski definition) is 4. The number of rotatable bonds is 11. The van der Waals surface area contributed by atoms with E-state index in [9.17, 15) is 13.2 Å². The molecule has 4 aromatic rings. The molecule has 0 bridgehead atoms. The quantitative estimate of drug-likeness (QED) is 0.250. The summed E-state index contributed by atoms with van der Waals surface area (Å²) in [5.41, 5.74) is 2.85. The van der Waals surface area contributed by atoms with Crippen LogP contribution in [0.3, 0.4) is 0 Å². The second-order valence-electron chi connectivity index (χ2n) is 8.86. The van der Waals surface area contributed by atoms with Crippen molar-refractivity contribution in [1.82, 2.24) is 9.62 Å². The molecule has 4 aromatic carbocycles. The zero-order chi connectivity index (χ0) is 27.0. The number of amides is 1. The number of benzene rings is 4. The summed E-state index contributed by atoms with van der Waals surface area (Å²) in [7, 11) is -3.83. The number of halogens is 1. The number of hydrogen-bond donors (Lipinski definition) is 1. The van der Waals surface area contributed by atoms with Crippen LogP contribution in [0.25, 0.3) is 0 Å². The Balaban J connectivity index is 1.43. The molecule has 0 unspecified atom stereocenters. The Kier molecular flexibility index (Phi) is 9.18. The second kappa shape index (κ2) is 12.7. The maximum absolute atomic E-state index is 13.2. The Morgan fingerprint density at radius 2 is 1.37 bits per heavy atom. The molecule has 0 aliphatic heterocycles. The number of nitrogens with zero attached hydrogens (tertiary/aromatic N) is 1. The lowest BCUT2D eigenvalue weighted by molar-refractivity contribution is -0.134. The van der Waals surface area contributed by atoms with E-state index in [1.54, 1.807) is 11.8 Å². The third-order valence-electron chi connectivity index (χ3n) is 5.98. The molecule has 1 amide bonds. The van der Waals surface area contributed by atoms with Crippen molar-refractivity contribution in [3.05, 3.63) is 131 Å². The van der Waals surface area contributed by atoms with E-state index in [0.717, 1.165) is 16.7 Å². The van der Waals surface area contributed by atoms with Gasteiger partial charge in [0.15, 0.2) is 6.61 Å². The summed E-state index contributed by atoms with van der Waals surface area (Å²) < 4.78 is 34.2. The Morgan fingerprint density at radius 3 is 1.89 bits per heavy atom. The molecule has 8 heteroatoms. The summed E-state index contributed by atoms with van der Waals surface area (Å²) in [5, 5.41) is 0.103. The minimum absolute atomic E-state index is 0.0127. The van der Waals surface area contributed by atoms with Crippen molar-refractivity contribution in [2.45, 2.75) is 31.0 Å². The van der Waals surface area contributed by atoms with Crippen LogP contribution in [0.1, 0.15) is 29.7 Å². The highest BCUT2D eigenvalue weighted by molar-refractivity contribution is 7.89. The molecule has 4 rings (SSSR count). The lowest BCUT2D eigenvalue weighted by Gasteiger charge is -2.23. The summed E-state index contributed by atoms with van der Waals surface area (Å²) in [4.78, 5) is 14.9. The molecule has 0 saturated carbocycles. The summed E-state index contributed by atoms with van der Waals surface area (Å²) in [6.45, 7) is 2.38. The normalized spacial score (nSPS) is 12.1. The molecular weight excluding hydrogens is 520 g/mol. The van der Waals surface area contributed by atoms with Crippen molar-refractivity contribution < 1.29 is 17.9 Å². The Morgan fingerprint density at radius 1 is 0.842 bits per heavy atom. The van der Waals surface area contributed by atoms with E-state index >= 15 is 0 Å². The number of carbonyl (C=O) groups excluding carboxylic acids is 1. The van der Waals surface area contributed by atoms with Gasteiger partial charge in [-0.15, -0.1) is 0 Å². The minimum Gasteiger partial charge on any atom is -0.482 e. The first kappa shape index (κ1) is 27.4. The predicted octanol–water partition coefficient (Wildman–Crippen LogP) is 5.99. The van der Waals surface area contributed by atoms with Crippen LogP contribution < -0.4 is 9.46 Å². The van der Waals surface area contributed by atoms with Gasteiger partial charge in [-0.3, -0.25) is 4.79 Å². The molecule has 1 atom stereocenters. The van der Waals surface area contributed by atoms with Crippen molar-refractivity contribution in [3.8, 4) is 5.75 Å². The van der Waals surface area contributed by atoms with Crippen LogP contribution in [0.5, 0.6) is 5.75 Å². The van der Waals surface area contributed by atoms with Gasteiger partial charge in [0, 0.05) is 19.1 Å². The van der Waals surface area contributed by atoms with Crippen LogP contribution in [-0.4, -0.2) is 25.8 Å². The summed E-state index contributed by atoms with van der Waals surface area (Å²) in [5.74, 6) is 0.0123. The van der Waals surface area contributed by atoms with Crippen molar-refractivity contribution in [3.63, 3.8) is 0 Å². The molecule has 0 aliphatic carbocycles. The summed E-state index contributed by atoms with van der Waals surface area (Å²) in [6.07, 6.45) is 0. The van der Waals surface area contributed by atoms with Gasteiger partial charge in [0.2, 0.25) is 10.0 Å². The van der Waals surface area contributed by atoms with Crippen molar-refractivity contribution in [2.24, 2.45) is 0 Å². The van der Waals surface area contributed by atoms with Gasteiger partial charge in [0.1, 0.15) is 5.75 Å². The number of nitrogens with one attached hydrogen (secondary N) is 1. The fourth-order valence-electron chi connectivity index (χ4n) is 3.95. The van der Waals surface area contributed by atoms with E-state index in [0.29, 0.717) is 13.1 Å². The predicted molar refractivity (Wildman–Crippen MR) is 149 cm³/mol. The summed E-state index contributed by atoms with van der Waals surface area (Å²) >= 11 is 6.37. The number of ether oxygens (including phenoxy) is 1. The maximum atomic E-state index is 13.2. The van der Waals surface area contributed by atoms with Gasteiger partial charge >= 0.3 is 0 Å². The van der Waals surface area contributed by atoms with E-state index in [1.165, 1.54) is 18.2 Å². The highest BCUT2D eigenvalue weighted by atomic mass is 35.5. The molecular formula is C30H29ClN2O4S. The smallest absolute Gasteiger partial charge is 0.261 e. The third-order valence-corrected chi connectivity index (χ3v) is 7.82. The van der Waals surface area contributed by atoms with Crippen molar-refractivity contribution >= 4 is 27.5 Å². The average molecular weight is 549 g/mol. The standard InChI is InChI=1S/C30H29ClN2O4S/c1-23(26-15-9-4-10-16-26)32-38(35,36)27-17-18-29(28(31)19-27)37-22-30(34)33(20-24-11-5-2-6-12-24)21-25-13-7-3-8-14-25/h2-19,23,32H,20-22H2,1H3/t23-/m0/s1. The molecule has 38 heavy (non-hydrogen) atoms. The topological polar surface area (TPSA) is 75.7 Å². The lowest BCUT2D eigenvalue weighted by atomic mass is 10.1. The molecule has 196 valence electrons. The summed E-state index contributed by atoms with van der Waals surface area (Å²) in [6, 6.07) is 32.5. The first-order chi connectivity index (χ1) is 18.3. The van der Waals surface area contributed by atoms with Crippen LogP contribution >= 0.6 is 11.6 Å². The molecule has 0 heterocycles. The van der Waals surface area contributed by atoms with Crippen LogP contribution in [0, 0.1) is 0 Å². The maximum Gasteiger partial charge on any atom is 0.261 e. The lowest BCUT2D eigenvalue weighted by Crippen LogP contribution is -2.34. The Bertz CT molecular complexity index is 1410. The van der Waals surface area contributed by atoms with Crippen LogP contribution in [-0.2, 0) is 27.9 Å². The minimum atomic E-state index is -3.83. The van der Waals surface area contributed by atoms with Crippen molar-refractivity contribution in [2.75, 3.05) is 6.61 Å². The molecule has 0 radical (unpaired) electrons. The monoisotopic (exact) mass is 548 g/mol. The molecule has 0 fully saturated rings. The van der Waals surface area contributed by atoms with Gasteiger partial charge in [0.05, 0.1) is 9.92 Å². The van der Waals surface area contributed by atoms with Crippen LogP contribution in [0.15, 0.2) is 114 Å². The van der Waals surface area contributed by atoms with Crippen molar-refractivity contribution in [1.29, 1.82) is 0 Å². The molecule has 0 spiro atoms. The zero-order valence-corrected chi connectivity index (χ0v) is 22.5. The second-order valence-corrected chi connectivity index (χ2v) is 11.0. The van der Waals surface area contributed by atoms with E-state index in [2.05, 4.69) is 4.72 Å². The van der Waals surface area contributed by atoms with Gasteiger partial charge in [-0.25, -0.2) is 13.1 Å². The van der Waals surface area contributed by atoms with E-state index < -0.39 is 16.1 Å². The fourth-order valence-corrected chi connectivity index (χ4v) is 5.50. The van der Waals surface area contributed by atoms with E-state index in [4.69, 9.17) is 16.3 Å². The molecule has 0 saturated heterocycles. The number of sulfonamides is 1. The average Bonchev–Trinajstić information content (AvgIpc) is 2.93. The number of carbonyl (C=O) groups is 1. The SMILES string of the molecule is C[C@H](NS(=O)(=O)c1ccc(OCC(=O)N(Cc2ccccc2)Cc2ccccc2)c(Cl)c1)c1ccccc1. The van der Waals surface area contributed by atoms with Gasteiger partial charge in [-0.2, -0.15) is 0 Å². The van der Waals surface area contributed by atoms with Gasteiger partial charge < -0.3 is 9.64 Å². The first-order valence-corrected chi connectivity index (χ1v) is 14.0. The highest BCUT2D eigenvalue weighted by Gasteiger charge is 2.21. The Labute approximate surface area is 228 Å². The third kappa shape index (κ3) is 7.44. The highest BCUT2D eigenvalue weighted by Crippen LogP contribution is 2.28. The fraction of sp³-hybridized carbons (Fsp3) is 0.167. The molecule has 1 N–H and O–H groups in total. The van der Waals surface area contributed by atoms with Gasteiger partial charge in [-0.05, 0) is 41.8 Å². The van der Waals surface area contributed by atoms with Gasteiger partial charge in [-0.1, -0.05) is 103 Å². The van der Waals surface area contributed by atoms with Gasteiger partial charge in [0.25, 0.3) is 5.91 Å². The molecule has 6 nitrogen and oxygen atoms in total. The van der Waals surface area contributed by atoms with Crippen LogP contribution in [0.2, 0.25) is 5.02 Å². The van der Waals surface area contributed by atoms with Crippen LogP contribution in [0.4, 0.5) is 0 Å². The first-order valence-electron chi connectivity index (χ1n) is 12.2. The largest absolute Gasteiger partial charge is 0.482 e. The molecule has 0 aromatic heterocycles. The molecule has 0 aliphatic rings.